The minimum Gasteiger partial charge on any atom is -0.492 e. The average Bonchev–Trinajstić information content (AvgIpc) is 2.45. The van der Waals surface area contributed by atoms with Crippen LogP contribution in [0, 0.1) is 0 Å². The quantitative estimate of drug-likeness (QED) is 0.592. The second-order valence-electron chi connectivity index (χ2n) is 4.85. The molecule has 6 nitrogen and oxygen atoms in total. The van der Waals surface area contributed by atoms with E-state index in [1.807, 2.05) is 14.1 Å². The maximum atomic E-state index is 10.8. The monoisotopic (exact) mass is 296 g/mol. The van der Waals surface area contributed by atoms with E-state index in [1.165, 1.54) is 6.07 Å². The predicted octanol–water partition coefficient (Wildman–Crippen LogP) is 0.931. The molecule has 0 heterocycles. The largest absolute Gasteiger partial charge is 0.492 e. The maximum absolute atomic E-state index is 10.8. The molecule has 0 unspecified atom stereocenters. The summed E-state index contributed by atoms with van der Waals surface area (Å²) in [4.78, 5) is 12.9. The van der Waals surface area contributed by atoms with Crippen LogP contribution >= 0.6 is 0 Å². The average molecular weight is 296 g/mol. The first-order valence-electron chi connectivity index (χ1n) is 6.99. The molecular formula is C15H24N2O4. The third-order valence-corrected chi connectivity index (χ3v) is 2.73. The molecule has 0 aliphatic carbocycles. The number of aromatic carboxylic acids is 1. The summed E-state index contributed by atoms with van der Waals surface area (Å²) in [5.74, 6) is -0.382. The summed E-state index contributed by atoms with van der Waals surface area (Å²) in [6.07, 6.45) is 0. The van der Waals surface area contributed by atoms with E-state index in [-0.39, 0.29) is 5.56 Å². The van der Waals surface area contributed by atoms with Crippen molar-refractivity contribution in [2.75, 3.05) is 53.6 Å². The van der Waals surface area contributed by atoms with Crippen LogP contribution in [0.5, 0.6) is 5.75 Å². The van der Waals surface area contributed by atoms with Gasteiger partial charge in [0, 0.05) is 19.6 Å². The van der Waals surface area contributed by atoms with Crippen LogP contribution in [-0.2, 0) is 4.74 Å². The van der Waals surface area contributed by atoms with Gasteiger partial charge in [-0.15, -0.1) is 0 Å². The van der Waals surface area contributed by atoms with E-state index in [2.05, 4.69) is 10.2 Å². The zero-order valence-corrected chi connectivity index (χ0v) is 12.7. The lowest BCUT2D eigenvalue weighted by molar-refractivity contribution is 0.0696. The fourth-order valence-electron chi connectivity index (χ4n) is 1.58. The Kier molecular flexibility index (Phi) is 8.42. The molecule has 0 spiro atoms. The summed E-state index contributed by atoms with van der Waals surface area (Å²) in [7, 11) is 4.02. The highest BCUT2D eigenvalue weighted by atomic mass is 16.5. The Balaban J connectivity index is 2.04. The highest BCUT2D eigenvalue weighted by molar-refractivity contribution is 5.87. The third-order valence-electron chi connectivity index (χ3n) is 2.73. The minimum absolute atomic E-state index is 0.231. The van der Waals surface area contributed by atoms with Gasteiger partial charge in [-0.25, -0.2) is 4.79 Å². The van der Waals surface area contributed by atoms with E-state index >= 15 is 0 Å². The van der Waals surface area contributed by atoms with Crippen molar-refractivity contribution in [2.45, 2.75) is 0 Å². The standard InChI is InChI=1S/C15H24N2O4/c1-17(2)8-11-20-9-6-16-7-10-21-14-5-3-4-13(12-14)15(18)19/h3-5,12,16H,6-11H2,1-2H3,(H,18,19). The van der Waals surface area contributed by atoms with E-state index in [0.717, 1.165) is 19.7 Å². The number of benzene rings is 1. The van der Waals surface area contributed by atoms with Crippen LogP contribution in [0.2, 0.25) is 0 Å². The van der Waals surface area contributed by atoms with Crippen LogP contribution in [-0.4, -0.2) is 69.5 Å². The molecule has 0 aliphatic rings. The van der Waals surface area contributed by atoms with Crippen LogP contribution in [0.25, 0.3) is 0 Å². The molecule has 0 saturated heterocycles. The molecular weight excluding hydrogens is 272 g/mol. The van der Waals surface area contributed by atoms with Gasteiger partial charge in [0.25, 0.3) is 0 Å². The lowest BCUT2D eigenvalue weighted by atomic mass is 10.2. The molecule has 0 radical (unpaired) electrons. The molecule has 21 heavy (non-hydrogen) atoms. The van der Waals surface area contributed by atoms with Gasteiger partial charge in [0.1, 0.15) is 12.4 Å². The first kappa shape index (κ1) is 17.4. The van der Waals surface area contributed by atoms with Gasteiger partial charge in [-0.1, -0.05) is 6.07 Å². The van der Waals surface area contributed by atoms with Gasteiger partial charge in [-0.2, -0.15) is 0 Å². The van der Waals surface area contributed by atoms with Crippen LogP contribution in [0.1, 0.15) is 10.4 Å². The lowest BCUT2D eigenvalue weighted by Gasteiger charge is -2.10. The van der Waals surface area contributed by atoms with Gasteiger partial charge < -0.3 is 24.8 Å². The molecule has 0 bridgehead atoms. The van der Waals surface area contributed by atoms with Gasteiger partial charge in [-0.05, 0) is 32.3 Å². The predicted molar refractivity (Wildman–Crippen MR) is 81.1 cm³/mol. The third kappa shape index (κ3) is 8.29. The van der Waals surface area contributed by atoms with Gasteiger partial charge >= 0.3 is 5.97 Å². The van der Waals surface area contributed by atoms with Crippen LogP contribution < -0.4 is 10.1 Å². The highest BCUT2D eigenvalue weighted by Gasteiger charge is 2.03. The molecule has 0 saturated carbocycles. The number of carboxylic acids is 1. The fourth-order valence-corrected chi connectivity index (χ4v) is 1.58. The van der Waals surface area contributed by atoms with E-state index in [4.69, 9.17) is 14.6 Å². The van der Waals surface area contributed by atoms with Gasteiger partial charge in [0.2, 0.25) is 0 Å². The van der Waals surface area contributed by atoms with Crippen LogP contribution in [0.3, 0.4) is 0 Å². The zero-order chi connectivity index (χ0) is 15.5. The number of ether oxygens (including phenoxy) is 2. The molecule has 0 aromatic heterocycles. The normalized spacial score (nSPS) is 10.8. The van der Waals surface area contributed by atoms with Gasteiger partial charge in [0.05, 0.1) is 18.8 Å². The van der Waals surface area contributed by atoms with Crippen molar-refractivity contribution >= 4 is 5.97 Å². The highest BCUT2D eigenvalue weighted by Crippen LogP contribution is 2.12. The number of carboxylic acid groups (broad SMARTS) is 1. The van der Waals surface area contributed by atoms with Crippen LogP contribution in [0.4, 0.5) is 0 Å². The first-order valence-corrected chi connectivity index (χ1v) is 6.99. The lowest BCUT2D eigenvalue weighted by Crippen LogP contribution is -2.26. The fraction of sp³-hybridized carbons (Fsp3) is 0.533. The summed E-state index contributed by atoms with van der Waals surface area (Å²) in [6.45, 7) is 4.26. The van der Waals surface area contributed by atoms with Crippen molar-refractivity contribution in [3.63, 3.8) is 0 Å². The number of nitrogens with zero attached hydrogens (tertiary/aromatic N) is 1. The number of rotatable bonds is 11. The first-order chi connectivity index (χ1) is 10.1. The van der Waals surface area contributed by atoms with Gasteiger partial charge in [-0.3, -0.25) is 0 Å². The number of nitrogens with one attached hydrogen (secondary N) is 1. The Bertz CT molecular complexity index is 424. The SMILES string of the molecule is CN(C)CCOCCNCCOc1cccc(C(=O)O)c1. The van der Waals surface area contributed by atoms with E-state index in [9.17, 15) is 4.79 Å². The van der Waals surface area contributed by atoms with Crippen molar-refractivity contribution in [1.29, 1.82) is 0 Å². The van der Waals surface area contributed by atoms with E-state index < -0.39 is 5.97 Å². The van der Waals surface area contributed by atoms with Crippen molar-refractivity contribution in [2.24, 2.45) is 0 Å². The molecule has 1 rings (SSSR count). The Morgan fingerprint density at radius 3 is 2.71 bits per heavy atom. The van der Waals surface area contributed by atoms with Crippen molar-refractivity contribution in [1.82, 2.24) is 10.2 Å². The minimum atomic E-state index is -0.951. The maximum Gasteiger partial charge on any atom is 0.335 e. The van der Waals surface area contributed by atoms with Crippen molar-refractivity contribution < 1.29 is 19.4 Å². The van der Waals surface area contributed by atoms with Crippen molar-refractivity contribution in [3.8, 4) is 5.75 Å². The zero-order valence-electron chi connectivity index (χ0n) is 12.7. The Hall–Kier alpha value is -1.63. The molecule has 0 amide bonds. The Morgan fingerprint density at radius 1 is 1.24 bits per heavy atom. The molecule has 118 valence electrons. The molecule has 0 fully saturated rings. The van der Waals surface area contributed by atoms with Gasteiger partial charge in [0.15, 0.2) is 0 Å². The van der Waals surface area contributed by atoms with Crippen LogP contribution in [0.15, 0.2) is 24.3 Å². The molecule has 1 aromatic carbocycles. The topological polar surface area (TPSA) is 71.0 Å². The molecule has 2 N–H and O–H groups in total. The van der Waals surface area contributed by atoms with E-state index in [0.29, 0.717) is 25.5 Å². The van der Waals surface area contributed by atoms with Crippen molar-refractivity contribution in [3.05, 3.63) is 29.8 Å². The summed E-state index contributed by atoms with van der Waals surface area (Å²) in [5, 5.41) is 12.1. The molecule has 0 aliphatic heterocycles. The number of likely N-dealkylation sites (N-methyl/N-ethyl adjacent to an activating group) is 1. The van der Waals surface area contributed by atoms with E-state index in [1.54, 1.807) is 18.2 Å². The summed E-state index contributed by atoms with van der Waals surface area (Å²) < 4.78 is 10.9. The number of carbonyl (C=O) groups is 1. The smallest absolute Gasteiger partial charge is 0.335 e. The summed E-state index contributed by atoms with van der Waals surface area (Å²) in [6, 6.07) is 6.48. The molecule has 6 heteroatoms. The summed E-state index contributed by atoms with van der Waals surface area (Å²) >= 11 is 0. The molecule has 0 atom stereocenters. The Morgan fingerprint density at radius 2 is 2.00 bits per heavy atom. The Labute approximate surface area is 125 Å². The number of hydrogen-bond acceptors (Lipinski definition) is 5. The molecule has 1 aromatic rings. The number of hydrogen-bond donors (Lipinski definition) is 2. The second-order valence-corrected chi connectivity index (χ2v) is 4.85. The summed E-state index contributed by atoms with van der Waals surface area (Å²) in [5.41, 5.74) is 0.231. The second kappa shape index (κ2) is 10.1.